The lowest BCUT2D eigenvalue weighted by molar-refractivity contribution is -0.120. The molecule has 9 heteroatoms. The van der Waals surface area contributed by atoms with E-state index in [4.69, 9.17) is 28.0 Å². The number of unbranched alkanes of at least 4 members (excludes halogenated alkanes) is 3. The molecule has 10 N–H and O–H groups in total. The smallest absolute Gasteiger partial charge is 0.185 e. The molecular formula is C43H134N5O4-. The number of carbonyl (C=O) groups excluding carboxylic acids is 2. The number of ketones is 1. The van der Waals surface area contributed by atoms with E-state index in [0.29, 0.717) is 25.7 Å². The molecule has 0 saturated heterocycles. The molecule has 0 heterocycles. The Kier molecular flexibility index (Phi) is 711. The third kappa shape index (κ3) is 288. The first kappa shape index (κ1) is 190. The van der Waals surface area contributed by atoms with Crippen molar-refractivity contribution in [3.8, 4) is 0 Å². The molecule has 0 rings (SSSR count). The summed E-state index contributed by atoms with van der Waals surface area (Å²) in [5.74, 6) is 0.204. The van der Waals surface area contributed by atoms with Crippen molar-refractivity contribution < 1.29 is 20.2 Å². The number of aldehydes is 1. The van der Waals surface area contributed by atoms with Crippen LogP contribution in [-0.4, -0.2) is 53.8 Å². The highest BCUT2D eigenvalue weighted by Crippen LogP contribution is 2.00. The van der Waals surface area contributed by atoms with Crippen LogP contribution >= 0.6 is 0 Å². The third-order valence-corrected chi connectivity index (χ3v) is 3.76. The molecule has 0 aromatic rings. The first-order valence-electron chi connectivity index (χ1n) is 12.3. The summed E-state index contributed by atoms with van der Waals surface area (Å²) in [6.07, 6.45) is 11.2. The summed E-state index contributed by atoms with van der Waals surface area (Å²) >= 11 is 0. The molecule has 9 nitrogen and oxygen atoms in total. The van der Waals surface area contributed by atoms with Gasteiger partial charge in [-0.1, -0.05) is 228 Å². The van der Waals surface area contributed by atoms with Crippen LogP contribution in [0.3, 0.4) is 0 Å². The Morgan fingerprint density at radius 2 is 0.808 bits per heavy atom. The number of guanidine groups is 1. The molecule has 0 fully saturated rings. The summed E-state index contributed by atoms with van der Waals surface area (Å²) in [5.41, 5.74) is 20.8. The molecule has 0 bridgehead atoms. The molecule has 0 aromatic carbocycles. The van der Waals surface area contributed by atoms with Gasteiger partial charge in [0.15, 0.2) is 5.96 Å². The summed E-state index contributed by atoms with van der Waals surface area (Å²) in [6.45, 7) is 15.3. The van der Waals surface area contributed by atoms with Crippen LogP contribution in [0.15, 0.2) is 4.99 Å². The second-order valence-electron chi connectivity index (χ2n) is 7.25. The van der Waals surface area contributed by atoms with E-state index in [0.717, 1.165) is 12.8 Å². The number of hydrogen-bond donors (Lipinski definition) is 5. The first-order chi connectivity index (χ1) is 15.1. The van der Waals surface area contributed by atoms with Crippen molar-refractivity contribution in [2.24, 2.45) is 27.9 Å². The molecule has 0 spiro atoms. The Bertz CT molecular complexity index is 371. The summed E-state index contributed by atoms with van der Waals surface area (Å²) < 4.78 is 0. The van der Waals surface area contributed by atoms with E-state index >= 15 is 0 Å². The van der Waals surface area contributed by atoms with Crippen molar-refractivity contribution in [2.45, 2.75) is 266 Å². The fourth-order valence-electron chi connectivity index (χ4n) is 1.16. The SMILES string of the molecule is C.C.C.C.C.C.C.C.C.C.C.C.C.C.C.C.C.C.C.CCCC.CCCC.CCCC.CCCC(=O)[C@@H](N)CCCN=C(N)N.N[C@@H](C=O)CO.[OH-]. The Balaban J connectivity index is -0.00000000749. The summed E-state index contributed by atoms with van der Waals surface area (Å²) in [7, 11) is 0. The molecular weight excluding hydrogens is 651 g/mol. The summed E-state index contributed by atoms with van der Waals surface area (Å²) in [6, 6.07) is -1.05. The van der Waals surface area contributed by atoms with Crippen molar-refractivity contribution in [3.05, 3.63) is 0 Å². The van der Waals surface area contributed by atoms with Gasteiger partial charge in [0.1, 0.15) is 12.1 Å². The number of nitrogens with two attached hydrogens (primary N) is 4. The zero-order valence-corrected chi connectivity index (χ0v) is 22.7. The van der Waals surface area contributed by atoms with Gasteiger partial charge in [0.2, 0.25) is 0 Å². The van der Waals surface area contributed by atoms with Gasteiger partial charge >= 0.3 is 0 Å². The molecule has 0 aliphatic heterocycles. The Morgan fingerprint density at radius 3 is 0.942 bits per heavy atom. The van der Waals surface area contributed by atoms with Gasteiger partial charge in [0, 0.05) is 13.0 Å². The maximum absolute atomic E-state index is 11.3. The fraction of sp³-hybridized carbons (Fsp3) is 0.930. The van der Waals surface area contributed by atoms with Gasteiger partial charge in [0.05, 0.1) is 18.7 Å². The molecule has 0 aromatic heterocycles. The second kappa shape index (κ2) is 194. The lowest BCUT2D eigenvalue weighted by Gasteiger charge is -2.08. The second-order valence-corrected chi connectivity index (χ2v) is 7.25. The van der Waals surface area contributed by atoms with Crippen molar-refractivity contribution in [3.63, 3.8) is 0 Å². The molecule has 52 heavy (non-hydrogen) atoms. The quantitative estimate of drug-likeness (QED) is 0.0556. The average Bonchev–Trinajstić information content (AvgIpc) is 2.81. The standard InChI is InChI=1S/C9H20N4O.3C4H10.C3H7NO2.19CH4.H2O/c1-2-4-8(14)7(10)5-3-6-13-9(11)12;3*1-3-4-2;4-3(1-5)2-6;;;;;;;;;;;;;;;;;;;;/h7H,2-6,10H2,1H3,(H4,11,12,13);3*3-4H2,1-2H3;1,3,6H,2,4H2;19*1H4;1H2/p-1/t7-;;;;3-;;;;;;;;;;;;;;;;;;;;/m0...0..................../s1. The van der Waals surface area contributed by atoms with E-state index in [-0.39, 0.29) is 171 Å². The van der Waals surface area contributed by atoms with Gasteiger partial charge in [-0.05, 0) is 19.3 Å². The number of nitrogens with zero attached hydrogens (tertiary/aromatic N) is 1. The highest BCUT2D eigenvalue weighted by atomic mass is 16.3. The van der Waals surface area contributed by atoms with Crippen molar-refractivity contribution in [1.82, 2.24) is 0 Å². The topological polar surface area (TPSA) is 201 Å². The van der Waals surface area contributed by atoms with Crippen molar-refractivity contribution >= 4 is 18.0 Å². The predicted molar refractivity (Wildman–Crippen MR) is 270 cm³/mol. The van der Waals surface area contributed by atoms with E-state index in [1.54, 1.807) is 0 Å². The molecule has 356 valence electrons. The van der Waals surface area contributed by atoms with Crippen LogP contribution in [0.5, 0.6) is 0 Å². The van der Waals surface area contributed by atoms with E-state index in [1.807, 2.05) is 6.92 Å². The largest absolute Gasteiger partial charge is 0.870 e. The Hall–Kier alpha value is -1.55. The minimum absolute atomic E-state index is 0. The molecule has 0 saturated carbocycles. The van der Waals surface area contributed by atoms with Crippen LogP contribution in [0.2, 0.25) is 0 Å². The zero-order valence-electron chi connectivity index (χ0n) is 22.7. The predicted octanol–water partition coefficient (Wildman–Crippen LogP) is 15.6. The molecule has 0 aliphatic rings. The van der Waals surface area contributed by atoms with Crippen LogP contribution in [0.4, 0.5) is 0 Å². The van der Waals surface area contributed by atoms with Gasteiger partial charge in [0.25, 0.3) is 0 Å². The van der Waals surface area contributed by atoms with Gasteiger partial charge in [-0.25, -0.2) is 0 Å². The molecule has 0 amide bonds. The van der Waals surface area contributed by atoms with Crippen LogP contribution in [0.25, 0.3) is 0 Å². The number of aliphatic hydroxyl groups is 1. The van der Waals surface area contributed by atoms with Crippen molar-refractivity contribution in [1.29, 1.82) is 0 Å². The number of rotatable bonds is 12. The number of aliphatic hydroxyl groups excluding tert-OH is 1. The minimum atomic E-state index is -0.690. The molecule has 0 aliphatic carbocycles. The highest BCUT2D eigenvalue weighted by molar-refractivity contribution is 5.83. The fourth-order valence-corrected chi connectivity index (χ4v) is 1.16. The van der Waals surface area contributed by atoms with Gasteiger partial charge in [-0.3, -0.25) is 9.79 Å². The van der Waals surface area contributed by atoms with Crippen LogP contribution in [0, 0.1) is 0 Å². The number of aliphatic imine (C=N–C) groups is 1. The van der Waals surface area contributed by atoms with Gasteiger partial charge < -0.3 is 38.3 Å². The summed E-state index contributed by atoms with van der Waals surface area (Å²) in [5, 5.41) is 7.98. The maximum atomic E-state index is 11.3. The van der Waals surface area contributed by atoms with E-state index < -0.39 is 6.04 Å². The minimum Gasteiger partial charge on any atom is -0.870 e. The average molecular weight is 786 g/mol. The molecule has 2 atom stereocenters. The summed E-state index contributed by atoms with van der Waals surface area (Å²) in [4.78, 5) is 24.5. The van der Waals surface area contributed by atoms with E-state index in [9.17, 15) is 9.59 Å². The first-order valence-corrected chi connectivity index (χ1v) is 12.3. The van der Waals surface area contributed by atoms with Gasteiger partial charge in [-0.15, -0.1) is 0 Å². The number of hydrogen-bond acceptors (Lipinski definition) is 7. The van der Waals surface area contributed by atoms with Crippen LogP contribution < -0.4 is 22.9 Å². The highest BCUT2D eigenvalue weighted by Gasteiger charge is 2.10. The van der Waals surface area contributed by atoms with Crippen LogP contribution in [-0.2, 0) is 9.59 Å². The van der Waals surface area contributed by atoms with Crippen LogP contribution in [0.1, 0.15) is 254 Å². The molecule has 0 unspecified atom stereocenters. The monoisotopic (exact) mass is 785 g/mol. The third-order valence-electron chi connectivity index (χ3n) is 3.76. The van der Waals surface area contributed by atoms with E-state index in [2.05, 4.69) is 46.5 Å². The lowest BCUT2D eigenvalue weighted by atomic mass is 10.0. The van der Waals surface area contributed by atoms with E-state index in [1.165, 1.54) is 38.5 Å². The van der Waals surface area contributed by atoms with Crippen molar-refractivity contribution in [2.75, 3.05) is 13.2 Å². The number of carbonyl (C=O) groups is 2. The number of Topliss-reactive ketones (excluding diaryl/α,β-unsaturated/α-hetero) is 1. The lowest BCUT2D eigenvalue weighted by Crippen LogP contribution is -2.30. The normalized spacial score (nSPS) is 6.58. The zero-order chi connectivity index (χ0) is 26.2. The Labute approximate surface area is 344 Å². The maximum Gasteiger partial charge on any atom is 0.185 e. The molecule has 0 radical (unpaired) electrons. The van der Waals surface area contributed by atoms with Gasteiger partial charge in [-0.2, -0.15) is 0 Å². The Morgan fingerprint density at radius 1 is 0.558 bits per heavy atom.